The molecule has 2 aromatic heterocycles. The summed E-state index contributed by atoms with van der Waals surface area (Å²) < 4.78 is 42.5. The molecule has 5 rings (SSSR count). The fourth-order valence-electron chi connectivity index (χ4n) is 3.63. The minimum Gasteiger partial charge on any atom is -0.319 e. The third-order valence-corrected chi connectivity index (χ3v) is 5.26. The first-order valence-corrected chi connectivity index (χ1v) is 10.3. The summed E-state index contributed by atoms with van der Waals surface area (Å²) in [6.07, 6.45) is -2.12. The summed E-state index contributed by atoms with van der Waals surface area (Å²) in [6, 6.07) is 17.8. The molecule has 0 aliphatic carbocycles. The Kier molecular flexibility index (Phi) is 5.36. The van der Waals surface area contributed by atoms with Crippen molar-refractivity contribution in [2.45, 2.75) is 6.18 Å². The molecule has 0 fully saturated rings. The summed E-state index contributed by atoms with van der Waals surface area (Å²) in [4.78, 5) is 30.3. The largest absolute Gasteiger partial charge is 0.416 e. The Balaban J connectivity index is 1.66. The smallest absolute Gasteiger partial charge is 0.319 e. The van der Waals surface area contributed by atoms with E-state index in [0.717, 1.165) is 16.8 Å². The van der Waals surface area contributed by atoms with E-state index in [2.05, 4.69) is 20.5 Å². The average Bonchev–Trinajstić information content (AvgIpc) is 3.39. The summed E-state index contributed by atoms with van der Waals surface area (Å²) in [5.41, 5.74) is -1.08. The van der Waals surface area contributed by atoms with Crippen LogP contribution in [0.15, 0.2) is 90.2 Å². The zero-order valence-electron chi connectivity index (χ0n) is 17.8. The Labute approximate surface area is 195 Å². The van der Waals surface area contributed by atoms with E-state index >= 15 is 0 Å². The lowest BCUT2D eigenvalue weighted by Gasteiger charge is -2.15. The van der Waals surface area contributed by atoms with Crippen LogP contribution in [0.4, 0.5) is 18.9 Å². The van der Waals surface area contributed by atoms with Gasteiger partial charge in [-0.25, -0.2) is 9.67 Å². The molecule has 8 nitrogen and oxygen atoms in total. The van der Waals surface area contributed by atoms with Gasteiger partial charge < -0.3 is 5.32 Å². The van der Waals surface area contributed by atoms with Crippen molar-refractivity contribution in [1.29, 1.82) is 0 Å². The second kappa shape index (κ2) is 8.52. The lowest BCUT2D eigenvalue weighted by atomic mass is 10.1. The van der Waals surface area contributed by atoms with E-state index < -0.39 is 23.2 Å². The molecule has 0 saturated heterocycles. The Morgan fingerprint density at radius 2 is 1.63 bits per heavy atom. The van der Waals surface area contributed by atoms with Crippen LogP contribution in [0.5, 0.6) is 0 Å². The van der Waals surface area contributed by atoms with Crippen LogP contribution in [0.25, 0.3) is 22.1 Å². The van der Waals surface area contributed by atoms with Gasteiger partial charge in [0.05, 0.1) is 28.0 Å². The number of halogens is 3. The second-order valence-electron chi connectivity index (χ2n) is 7.47. The van der Waals surface area contributed by atoms with Crippen LogP contribution in [0.3, 0.4) is 0 Å². The Morgan fingerprint density at radius 1 is 0.914 bits per heavy atom. The van der Waals surface area contributed by atoms with E-state index in [9.17, 15) is 22.8 Å². The van der Waals surface area contributed by atoms with Crippen LogP contribution in [0.2, 0.25) is 0 Å². The van der Waals surface area contributed by atoms with Gasteiger partial charge >= 0.3 is 6.18 Å². The van der Waals surface area contributed by atoms with E-state index in [-0.39, 0.29) is 27.8 Å². The molecule has 0 spiro atoms. The maximum absolute atomic E-state index is 13.4. The van der Waals surface area contributed by atoms with Crippen molar-refractivity contribution in [1.82, 2.24) is 24.5 Å². The number of nitrogens with zero attached hydrogens (tertiary/aromatic N) is 5. The van der Waals surface area contributed by atoms with Crippen molar-refractivity contribution in [3.05, 3.63) is 107 Å². The SMILES string of the molecule is O=C(Nc1cc(C(F)(F)F)ccc1-n1cncn1)c1nn(-c2ccccc2)c(=O)c2ccccc12. The number of alkyl halides is 3. The van der Waals surface area contributed by atoms with E-state index in [0.29, 0.717) is 5.69 Å². The quantitative estimate of drug-likeness (QED) is 0.419. The molecular weight excluding hydrogens is 461 g/mol. The molecule has 0 bridgehead atoms. The number of hydrogen-bond acceptors (Lipinski definition) is 5. The summed E-state index contributed by atoms with van der Waals surface area (Å²) in [5.74, 6) is -0.799. The van der Waals surface area contributed by atoms with Crippen molar-refractivity contribution in [2.75, 3.05) is 5.32 Å². The molecule has 0 aliphatic heterocycles. The highest BCUT2D eigenvalue weighted by Gasteiger charge is 2.31. The van der Waals surface area contributed by atoms with Gasteiger partial charge in [0.1, 0.15) is 12.7 Å². The van der Waals surface area contributed by atoms with Gasteiger partial charge in [-0.05, 0) is 36.4 Å². The normalized spacial score (nSPS) is 11.5. The topological polar surface area (TPSA) is 94.7 Å². The second-order valence-corrected chi connectivity index (χ2v) is 7.47. The predicted molar refractivity (Wildman–Crippen MR) is 122 cm³/mol. The number of carbonyl (C=O) groups is 1. The Hall–Kier alpha value is -4.80. The monoisotopic (exact) mass is 476 g/mol. The first-order chi connectivity index (χ1) is 16.8. The first-order valence-electron chi connectivity index (χ1n) is 10.3. The number of hydrogen-bond donors (Lipinski definition) is 1. The highest BCUT2D eigenvalue weighted by atomic mass is 19.4. The fourth-order valence-corrected chi connectivity index (χ4v) is 3.63. The standard InChI is InChI=1S/C24H15F3N6O2/c25-24(26,27)15-10-11-20(32-14-28-13-29-32)19(12-15)30-22(34)21-17-8-4-5-9-18(17)23(35)33(31-21)16-6-2-1-3-7-16/h1-14H,(H,30,34). The first kappa shape index (κ1) is 22.0. The van der Waals surface area contributed by atoms with E-state index in [1.807, 2.05) is 0 Å². The Bertz CT molecular complexity index is 1600. The van der Waals surface area contributed by atoms with E-state index in [1.54, 1.807) is 54.6 Å². The minimum atomic E-state index is -4.63. The third kappa shape index (κ3) is 4.14. The van der Waals surface area contributed by atoms with Gasteiger partial charge in [0.2, 0.25) is 0 Å². The number of aromatic nitrogens is 5. The van der Waals surface area contributed by atoms with Crippen molar-refractivity contribution >= 4 is 22.4 Å². The van der Waals surface area contributed by atoms with Crippen molar-refractivity contribution in [2.24, 2.45) is 0 Å². The number of nitrogens with one attached hydrogen (secondary N) is 1. The fraction of sp³-hybridized carbons (Fsp3) is 0.0417. The number of carbonyl (C=O) groups excluding carboxylic acids is 1. The molecule has 0 unspecified atom stereocenters. The molecule has 0 saturated carbocycles. The molecular formula is C24H15F3N6O2. The number of amides is 1. The molecule has 2 heterocycles. The summed E-state index contributed by atoms with van der Waals surface area (Å²) in [5, 5.41) is 11.2. The third-order valence-electron chi connectivity index (χ3n) is 5.26. The number of rotatable bonds is 4. The van der Waals surface area contributed by atoms with Crippen molar-refractivity contribution in [3.8, 4) is 11.4 Å². The molecule has 11 heteroatoms. The molecule has 0 radical (unpaired) electrons. The van der Waals surface area contributed by atoms with Crippen LogP contribution in [-0.2, 0) is 6.18 Å². The van der Waals surface area contributed by atoms with Crippen LogP contribution in [0.1, 0.15) is 16.1 Å². The van der Waals surface area contributed by atoms with Gasteiger partial charge in [-0.1, -0.05) is 36.4 Å². The van der Waals surface area contributed by atoms with Crippen LogP contribution in [-0.4, -0.2) is 30.5 Å². The number of benzene rings is 3. The minimum absolute atomic E-state index is 0.133. The highest BCUT2D eigenvalue weighted by molar-refractivity contribution is 6.11. The molecule has 1 amide bonds. The summed E-state index contributed by atoms with van der Waals surface area (Å²) in [6.45, 7) is 0. The molecule has 0 atom stereocenters. The van der Waals surface area contributed by atoms with Crippen LogP contribution < -0.4 is 10.9 Å². The highest BCUT2D eigenvalue weighted by Crippen LogP contribution is 2.33. The molecule has 5 aromatic rings. The van der Waals surface area contributed by atoms with Gasteiger partial charge in [-0.2, -0.15) is 28.1 Å². The van der Waals surface area contributed by atoms with Crippen molar-refractivity contribution < 1.29 is 18.0 Å². The van der Waals surface area contributed by atoms with E-state index in [1.165, 1.54) is 23.4 Å². The van der Waals surface area contributed by atoms with Crippen LogP contribution >= 0.6 is 0 Å². The number of para-hydroxylation sites is 1. The average molecular weight is 476 g/mol. The molecule has 3 aromatic carbocycles. The van der Waals surface area contributed by atoms with Gasteiger partial charge in [0.15, 0.2) is 5.69 Å². The Morgan fingerprint density at radius 3 is 2.31 bits per heavy atom. The van der Waals surface area contributed by atoms with Gasteiger partial charge in [0, 0.05) is 5.39 Å². The molecule has 1 N–H and O–H groups in total. The molecule has 174 valence electrons. The molecule has 35 heavy (non-hydrogen) atoms. The maximum Gasteiger partial charge on any atom is 0.416 e. The van der Waals surface area contributed by atoms with Gasteiger partial charge in [0.25, 0.3) is 11.5 Å². The maximum atomic E-state index is 13.4. The van der Waals surface area contributed by atoms with Gasteiger partial charge in [-0.15, -0.1) is 0 Å². The summed E-state index contributed by atoms with van der Waals surface area (Å²) in [7, 11) is 0. The predicted octanol–water partition coefficient (Wildman–Crippen LogP) is 4.24. The zero-order valence-corrected chi connectivity index (χ0v) is 17.8. The lowest BCUT2D eigenvalue weighted by molar-refractivity contribution is -0.137. The number of anilines is 1. The van der Waals surface area contributed by atoms with Gasteiger partial charge in [-0.3, -0.25) is 9.59 Å². The van der Waals surface area contributed by atoms with Crippen LogP contribution in [0, 0.1) is 0 Å². The zero-order chi connectivity index (χ0) is 24.6. The number of fused-ring (bicyclic) bond motifs is 1. The summed E-state index contributed by atoms with van der Waals surface area (Å²) >= 11 is 0. The van der Waals surface area contributed by atoms with E-state index in [4.69, 9.17) is 0 Å². The molecule has 0 aliphatic rings. The van der Waals surface area contributed by atoms with Crippen molar-refractivity contribution in [3.63, 3.8) is 0 Å². The lowest BCUT2D eigenvalue weighted by Crippen LogP contribution is -2.26.